The molecule has 0 saturated carbocycles. The minimum absolute atomic E-state index is 0.128. The van der Waals surface area contributed by atoms with E-state index >= 15 is 0 Å². The number of benzene rings is 1. The van der Waals surface area contributed by atoms with Crippen molar-refractivity contribution < 1.29 is 4.79 Å². The van der Waals surface area contributed by atoms with Gasteiger partial charge in [-0.2, -0.15) is 15.3 Å². The summed E-state index contributed by atoms with van der Waals surface area (Å²) in [5, 5.41) is 23.1. The number of anilines is 3. The third-order valence-corrected chi connectivity index (χ3v) is 7.92. The molecule has 2 aromatic heterocycles. The third-order valence-electron chi connectivity index (χ3n) is 7.92. The minimum Gasteiger partial charge on any atom is -0.339 e. The van der Waals surface area contributed by atoms with Gasteiger partial charge in [0.05, 0.1) is 12.3 Å². The molecular formula is C27H33N13O2. The molecule has 15 nitrogen and oxygen atoms in total. The van der Waals surface area contributed by atoms with Crippen LogP contribution in [0.3, 0.4) is 0 Å². The van der Waals surface area contributed by atoms with Crippen molar-refractivity contribution in [1.82, 2.24) is 46.5 Å². The molecule has 15 heteroatoms. The van der Waals surface area contributed by atoms with Gasteiger partial charge in [-0.15, -0.1) is 10.6 Å². The fourth-order valence-corrected chi connectivity index (χ4v) is 5.59. The van der Waals surface area contributed by atoms with Gasteiger partial charge >= 0.3 is 0 Å². The van der Waals surface area contributed by atoms with Gasteiger partial charge in [0.2, 0.25) is 11.9 Å². The summed E-state index contributed by atoms with van der Waals surface area (Å²) in [6, 6.07) is 10.1. The standard InChI is InChI=1S/C27H33N13O2/c28-8-5-23(41)39-11-13-40(14-12-39)27-31-21-16-29-35-26(42)24(21)25(32-27)30-20-3-1-19(2-4-20)17-38-9-6-18(7-10-38)15-22-33-36-37-34-22/h1-4,16,18,36-37H,5-7,9-15,17H2,(H,33,34)(H,35,42)(H,30,31,32). The highest BCUT2D eigenvalue weighted by atomic mass is 16.2. The summed E-state index contributed by atoms with van der Waals surface area (Å²) < 4.78 is 0. The number of aromatic amines is 1. The van der Waals surface area contributed by atoms with Crippen molar-refractivity contribution in [3.63, 3.8) is 0 Å². The number of rotatable bonds is 8. The van der Waals surface area contributed by atoms with E-state index in [9.17, 15) is 9.59 Å². The van der Waals surface area contributed by atoms with Crippen LogP contribution in [-0.4, -0.2) is 81.0 Å². The molecule has 3 aliphatic heterocycles. The zero-order valence-electron chi connectivity index (χ0n) is 23.1. The Morgan fingerprint density at radius 1 is 1.07 bits per heavy atom. The van der Waals surface area contributed by atoms with Crippen molar-refractivity contribution in [2.45, 2.75) is 32.2 Å². The number of H-pyrrole nitrogens is 1. The van der Waals surface area contributed by atoms with Gasteiger partial charge in [-0.1, -0.05) is 12.1 Å². The Labute approximate surface area is 241 Å². The highest BCUT2D eigenvalue weighted by Crippen LogP contribution is 2.26. The zero-order chi connectivity index (χ0) is 28.9. The Hall–Kier alpha value is -4.81. The SMILES string of the molecule is N#CCC(=O)N1CCN(c2nc(Nc3ccc(CN4CCC(CC5=NNNN5)CC4)cc3)c3c(=O)[nH]ncc3n2)CC1. The van der Waals surface area contributed by atoms with Crippen molar-refractivity contribution in [1.29, 1.82) is 5.26 Å². The molecular weight excluding hydrogens is 538 g/mol. The molecule has 0 radical (unpaired) electrons. The number of fused-ring (bicyclic) bond motifs is 1. The second-order valence-corrected chi connectivity index (χ2v) is 10.7. The van der Waals surface area contributed by atoms with E-state index in [1.807, 2.05) is 23.1 Å². The number of hydrazine groups is 2. The van der Waals surface area contributed by atoms with Gasteiger partial charge in [0.1, 0.15) is 29.0 Å². The number of aromatic nitrogens is 4. The van der Waals surface area contributed by atoms with E-state index in [1.165, 1.54) is 11.8 Å². The number of piperidine rings is 1. The van der Waals surface area contributed by atoms with Gasteiger partial charge in [0.15, 0.2) is 0 Å². The first-order valence-electron chi connectivity index (χ1n) is 14.1. The second-order valence-electron chi connectivity index (χ2n) is 10.7. The Morgan fingerprint density at radius 3 is 2.57 bits per heavy atom. The van der Waals surface area contributed by atoms with Crippen LogP contribution in [0.2, 0.25) is 0 Å². The van der Waals surface area contributed by atoms with Gasteiger partial charge in [0.25, 0.3) is 5.56 Å². The average molecular weight is 572 g/mol. The summed E-state index contributed by atoms with van der Waals surface area (Å²) >= 11 is 0. The van der Waals surface area contributed by atoms with Crippen LogP contribution in [0.5, 0.6) is 0 Å². The van der Waals surface area contributed by atoms with Crippen LogP contribution in [0.4, 0.5) is 17.5 Å². The topological polar surface area (TPSA) is 183 Å². The van der Waals surface area contributed by atoms with E-state index in [0.29, 0.717) is 54.8 Å². The number of likely N-dealkylation sites (tertiary alicyclic amines) is 1. The summed E-state index contributed by atoms with van der Waals surface area (Å²) in [6.07, 6.45) is 4.61. The van der Waals surface area contributed by atoms with Crippen molar-refractivity contribution in [2.75, 3.05) is 49.5 Å². The maximum atomic E-state index is 12.7. The Kier molecular flexibility index (Phi) is 8.06. The number of carbonyl (C=O) groups excluding carboxylic acids is 1. The van der Waals surface area contributed by atoms with Crippen LogP contribution in [0.15, 0.2) is 40.4 Å². The highest BCUT2D eigenvalue weighted by molar-refractivity contribution is 5.90. The summed E-state index contributed by atoms with van der Waals surface area (Å²) in [5.74, 6) is 2.26. The van der Waals surface area contributed by atoms with Crippen molar-refractivity contribution in [3.05, 3.63) is 46.4 Å². The van der Waals surface area contributed by atoms with Gasteiger partial charge < -0.3 is 15.1 Å². The maximum absolute atomic E-state index is 12.7. The predicted molar refractivity (Wildman–Crippen MR) is 156 cm³/mol. The number of hydrogen-bond acceptors (Lipinski definition) is 13. The predicted octanol–water partition coefficient (Wildman–Crippen LogP) is 0.547. The lowest BCUT2D eigenvalue weighted by Gasteiger charge is -2.34. The fourth-order valence-electron chi connectivity index (χ4n) is 5.59. The lowest BCUT2D eigenvalue weighted by Crippen LogP contribution is -2.49. The van der Waals surface area contributed by atoms with Crippen LogP contribution in [0.1, 0.15) is 31.2 Å². The van der Waals surface area contributed by atoms with E-state index in [4.69, 9.17) is 10.2 Å². The first-order chi connectivity index (χ1) is 20.6. The summed E-state index contributed by atoms with van der Waals surface area (Å²) in [6.45, 7) is 4.95. The molecule has 5 heterocycles. The number of amides is 1. The zero-order valence-corrected chi connectivity index (χ0v) is 23.1. The lowest BCUT2D eigenvalue weighted by atomic mass is 9.93. The van der Waals surface area contributed by atoms with E-state index in [0.717, 1.165) is 50.4 Å². The van der Waals surface area contributed by atoms with Gasteiger partial charge in [0, 0.05) is 44.8 Å². The van der Waals surface area contributed by atoms with Crippen LogP contribution >= 0.6 is 0 Å². The van der Waals surface area contributed by atoms with E-state index in [2.05, 4.69) is 59.1 Å². The number of amidine groups is 1. The molecule has 6 rings (SSSR count). The number of nitriles is 1. The number of nitrogens with zero attached hydrogens (tertiary/aromatic N) is 8. The molecule has 3 aliphatic rings. The molecule has 2 fully saturated rings. The quantitative estimate of drug-likeness (QED) is 0.253. The smallest absolute Gasteiger partial charge is 0.277 e. The maximum Gasteiger partial charge on any atom is 0.277 e. The van der Waals surface area contributed by atoms with Gasteiger partial charge in [-0.25, -0.2) is 15.6 Å². The van der Waals surface area contributed by atoms with E-state index in [1.54, 1.807) is 4.90 Å². The Bertz CT molecular complexity index is 1550. The Balaban J connectivity index is 1.11. The molecule has 1 aromatic carbocycles. The van der Waals surface area contributed by atoms with Crippen molar-refractivity contribution in [2.24, 2.45) is 11.0 Å². The van der Waals surface area contributed by atoms with Crippen LogP contribution in [0.25, 0.3) is 10.9 Å². The summed E-state index contributed by atoms with van der Waals surface area (Å²) in [7, 11) is 0. The van der Waals surface area contributed by atoms with Crippen LogP contribution < -0.4 is 32.3 Å². The third kappa shape index (κ3) is 6.24. The lowest BCUT2D eigenvalue weighted by molar-refractivity contribution is -0.130. The largest absolute Gasteiger partial charge is 0.339 e. The molecule has 218 valence electrons. The molecule has 0 bridgehead atoms. The highest BCUT2D eigenvalue weighted by Gasteiger charge is 2.24. The van der Waals surface area contributed by atoms with E-state index < -0.39 is 0 Å². The van der Waals surface area contributed by atoms with Crippen molar-refractivity contribution in [3.8, 4) is 6.07 Å². The molecule has 0 unspecified atom stereocenters. The minimum atomic E-state index is -0.378. The summed E-state index contributed by atoms with van der Waals surface area (Å²) in [4.78, 5) is 40.2. The number of hydrogen-bond donors (Lipinski definition) is 5. The van der Waals surface area contributed by atoms with Crippen LogP contribution in [0, 0.1) is 17.2 Å². The van der Waals surface area contributed by atoms with Crippen LogP contribution in [-0.2, 0) is 11.3 Å². The summed E-state index contributed by atoms with van der Waals surface area (Å²) in [5.41, 5.74) is 10.6. The second kappa shape index (κ2) is 12.4. The average Bonchev–Trinajstić information content (AvgIpc) is 3.52. The molecule has 42 heavy (non-hydrogen) atoms. The Morgan fingerprint density at radius 2 is 1.86 bits per heavy atom. The normalized spacial score (nSPS) is 17.8. The fraction of sp³-hybridized carbons (Fsp3) is 0.444. The molecule has 2 saturated heterocycles. The first-order valence-corrected chi connectivity index (χ1v) is 14.1. The van der Waals surface area contributed by atoms with Crippen molar-refractivity contribution >= 4 is 40.1 Å². The number of hydrazone groups is 1. The first kappa shape index (κ1) is 27.4. The molecule has 0 aliphatic carbocycles. The van der Waals surface area contributed by atoms with E-state index in [-0.39, 0.29) is 17.9 Å². The molecule has 0 spiro atoms. The molecule has 3 aromatic rings. The van der Waals surface area contributed by atoms with Gasteiger partial charge in [-0.05, 0) is 49.5 Å². The van der Waals surface area contributed by atoms with Gasteiger partial charge in [-0.3, -0.25) is 19.9 Å². The molecule has 1 amide bonds. The monoisotopic (exact) mass is 571 g/mol. The number of carbonyl (C=O) groups is 1. The number of nitrogens with one attached hydrogen (secondary N) is 5. The molecule has 0 atom stereocenters. The number of piperazine rings is 1. The molecule has 5 N–H and O–H groups in total.